The first-order valence-electron chi connectivity index (χ1n) is 10.2. The third-order valence-electron chi connectivity index (χ3n) is 7.01. The van der Waals surface area contributed by atoms with E-state index >= 15 is 0 Å². The van der Waals surface area contributed by atoms with Crippen molar-refractivity contribution in [1.82, 2.24) is 9.96 Å². The Morgan fingerprint density at radius 3 is 2.55 bits per heavy atom. The van der Waals surface area contributed by atoms with Gasteiger partial charge in [-0.25, -0.2) is 0 Å². The predicted molar refractivity (Wildman–Crippen MR) is 115 cm³/mol. The normalized spacial score (nSPS) is 39.3. The SMILES string of the molecule is CSC1c2ccccc2OC12C(=O)N1OC3(CCCCC3=O)C(O)C1(SC)C(=O)N2C. The smallest absolute Gasteiger partial charge is 0.315 e. The summed E-state index contributed by atoms with van der Waals surface area (Å²) in [7, 11) is 1.52. The first-order chi connectivity index (χ1) is 14.8. The first kappa shape index (κ1) is 21.1. The molecule has 10 heteroatoms. The number of hydrogen-bond donors (Lipinski definition) is 1. The van der Waals surface area contributed by atoms with Gasteiger partial charge >= 0.3 is 5.91 Å². The average molecular weight is 465 g/mol. The molecule has 1 aromatic carbocycles. The van der Waals surface area contributed by atoms with Crippen LogP contribution in [0.1, 0.15) is 36.5 Å². The van der Waals surface area contributed by atoms with Gasteiger partial charge in [-0.2, -0.15) is 16.8 Å². The van der Waals surface area contributed by atoms with Crippen LogP contribution < -0.4 is 4.74 Å². The molecule has 3 aliphatic heterocycles. The van der Waals surface area contributed by atoms with E-state index in [9.17, 15) is 19.5 Å². The number of carbonyl (C=O) groups excluding carboxylic acids is 3. The Kier molecular flexibility index (Phi) is 4.68. The highest BCUT2D eigenvalue weighted by molar-refractivity contribution is 8.00. The van der Waals surface area contributed by atoms with Gasteiger partial charge < -0.3 is 9.84 Å². The molecule has 31 heavy (non-hydrogen) atoms. The molecule has 3 heterocycles. The van der Waals surface area contributed by atoms with Crippen molar-refractivity contribution >= 4 is 41.1 Å². The van der Waals surface area contributed by atoms with Crippen molar-refractivity contribution in [3.05, 3.63) is 29.8 Å². The number of ketones is 1. The van der Waals surface area contributed by atoms with E-state index < -0.39 is 39.4 Å². The Morgan fingerprint density at radius 2 is 1.87 bits per heavy atom. The molecule has 5 unspecified atom stereocenters. The highest BCUT2D eigenvalue weighted by Crippen LogP contribution is 2.59. The summed E-state index contributed by atoms with van der Waals surface area (Å²) in [6.45, 7) is 0. The molecule has 8 nitrogen and oxygen atoms in total. The monoisotopic (exact) mass is 464 g/mol. The maximum atomic E-state index is 14.1. The molecule has 5 rings (SSSR count). The van der Waals surface area contributed by atoms with E-state index in [1.807, 2.05) is 24.5 Å². The van der Waals surface area contributed by atoms with Crippen LogP contribution in [0.4, 0.5) is 0 Å². The van der Waals surface area contributed by atoms with Gasteiger partial charge in [0.05, 0.1) is 0 Å². The molecular weight excluding hydrogens is 440 g/mol. The molecule has 0 bridgehead atoms. The van der Waals surface area contributed by atoms with Gasteiger partial charge in [-0.1, -0.05) is 18.2 Å². The number of Topliss-reactive ketones (excluding diaryl/α,β-unsaturated/α-hetero) is 1. The van der Waals surface area contributed by atoms with E-state index in [0.717, 1.165) is 22.4 Å². The molecule has 5 atom stereocenters. The number of aliphatic hydroxyl groups is 1. The summed E-state index contributed by atoms with van der Waals surface area (Å²) in [5.41, 5.74) is -2.45. The lowest BCUT2D eigenvalue weighted by Gasteiger charge is -2.51. The van der Waals surface area contributed by atoms with Crippen LogP contribution in [-0.2, 0) is 19.2 Å². The first-order valence-corrected chi connectivity index (χ1v) is 12.7. The number of aliphatic hydroxyl groups excluding tert-OH is 1. The number of thioether (sulfide) groups is 2. The quantitative estimate of drug-likeness (QED) is 0.707. The summed E-state index contributed by atoms with van der Waals surface area (Å²) in [6.07, 6.45) is 3.88. The minimum absolute atomic E-state index is 0.244. The Balaban J connectivity index is 1.67. The van der Waals surface area contributed by atoms with Crippen molar-refractivity contribution in [3.8, 4) is 5.75 Å². The summed E-state index contributed by atoms with van der Waals surface area (Å²) in [6, 6.07) is 7.31. The van der Waals surface area contributed by atoms with Crippen LogP contribution in [0.3, 0.4) is 0 Å². The van der Waals surface area contributed by atoms with Crippen LogP contribution in [0.5, 0.6) is 5.75 Å². The summed E-state index contributed by atoms with van der Waals surface area (Å²) in [5.74, 6) is -0.860. The average Bonchev–Trinajstić information content (AvgIpc) is 3.25. The molecular formula is C21H24N2O6S2. The van der Waals surface area contributed by atoms with Crippen molar-refractivity contribution in [1.29, 1.82) is 0 Å². The Bertz CT molecular complexity index is 990. The molecule has 1 aromatic rings. The number of nitrogens with zero attached hydrogens (tertiary/aromatic N) is 2. The molecule has 1 aliphatic carbocycles. The van der Waals surface area contributed by atoms with E-state index in [1.165, 1.54) is 23.7 Å². The maximum Gasteiger partial charge on any atom is 0.315 e. The van der Waals surface area contributed by atoms with Gasteiger partial charge in [0.25, 0.3) is 11.6 Å². The summed E-state index contributed by atoms with van der Waals surface area (Å²) >= 11 is 2.42. The van der Waals surface area contributed by atoms with Gasteiger partial charge in [0.15, 0.2) is 11.4 Å². The van der Waals surface area contributed by atoms with E-state index in [1.54, 1.807) is 12.3 Å². The molecule has 1 N–H and O–H groups in total. The number of piperazine rings is 1. The van der Waals surface area contributed by atoms with Gasteiger partial charge in [0.2, 0.25) is 4.87 Å². The van der Waals surface area contributed by atoms with Crippen molar-refractivity contribution in [3.63, 3.8) is 0 Å². The van der Waals surface area contributed by atoms with E-state index in [-0.39, 0.29) is 18.6 Å². The van der Waals surface area contributed by atoms with Crippen LogP contribution in [0.25, 0.3) is 0 Å². The Hall–Kier alpha value is -1.75. The number of fused-ring (bicyclic) bond motifs is 2. The highest BCUT2D eigenvalue weighted by atomic mass is 32.2. The predicted octanol–water partition coefficient (Wildman–Crippen LogP) is 1.73. The third kappa shape index (κ3) is 2.29. The lowest BCUT2D eigenvalue weighted by Crippen LogP contribution is -2.77. The molecule has 0 aromatic heterocycles. The number of amides is 2. The summed E-state index contributed by atoms with van der Waals surface area (Å²) in [5, 5.41) is 11.9. The van der Waals surface area contributed by atoms with Crippen LogP contribution in [0.15, 0.2) is 24.3 Å². The Morgan fingerprint density at radius 1 is 1.13 bits per heavy atom. The molecule has 1 saturated carbocycles. The van der Waals surface area contributed by atoms with Crippen molar-refractivity contribution in [2.24, 2.45) is 0 Å². The van der Waals surface area contributed by atoms with E-state index in [4.69, 9.17) is 9.57 Å². The molecule has 0 radical (unpaired) electrons. The second-order valence-corrected chi connectivity index (χ2v) is 10.3. The zero-order chi connectivity index (χ0) is 22.2. The number of carbonyl (C=O) groups is 3. The molecule has 4 aliphatic rings. The minimum Gasteiger partial charge on any atom is -0.456 e. The second-order valence-electron chi connectivity index (χ2n) is 8.33. The number of hydroxylamine groups is 2. The van der Waals surface area contributed by atoms with Gasteiger partial charge in [0.1, 0.15) is 17.1 Å². The minimum atomic E-state index is -1.74. The van der Waals surface area contributed by atoms with E-state index in [0.29, 0.717) is 18.6 Å². The fourth-order valence-electron chi connectivity index (χ4n) is 5.38. The number of likely N-dealkylation sites (N-methyl/N-ethyl adjacent to an activating group) is 1. The largest absolute Gasteiger partial charge is 0.456 e. The molecule has 2 amide bonds. The fraction of sp³-hybridized carbons (Fsp3) is 0.571. The second kappa shape index (κ2) is 6.87. The van der Waals surface area contributed by atoms with Crippen LogP contribution in [-0.4, -0.2) is 74.5 Å². The van der Waals surface area contributed by atoms with Crippen molar-refractivity contribution in [2.75, 3.05) is 19.6 Å². The van der Waals surface area contributed by atoms with Crippen LogP contribution >= 0.6 is 23.5 Å². The zero-order valence-corrected chi connectivity index (χ0v) is 19.1. The lowest BCUT2D eigenvalue weighted by molar-refractivity contribution is -0.247. The summed E-state index contributed by atoms with van der Waals surface area (Å²) < 4.78 is 6.21. The number of ether oxygens (including phenoxy) is 1. The molecule has 166 valence electrons. The van der Waals surface area contributed by atoms with Crippen LogP contribution in [0, 0.1) is 0 Å². The summed E-state index contributed by atoms with van der Waals surface area (Å²) in [4.78, 5) is 46.5. The Labute approximate surface area is 188 Å². The van der Waals surface area contributed by atoms with Crippen LogP contribution in [0.2, 0.25) is 0 Å². The molecule has 2 saturated heterocycles. The maximum absolute atomic E-state index is 14.1. The van der Waals surface area contributed by atoms with Crippen molar-refractivity contribution < 1.29 is 29.1 Å². The lowest BCUT2D eigenvalue weighted by atomic mass is 9.77. The topological polar surface area (TPSA) is 96.4 Å². The highest BCUT2D eigenvalue weighted by Gasteiger charge is 2.79. The number of para-hydroxylation sites is 1. The molecule has 3 fully saturated rings. The standard InChI is InChI=1S/C21H24N2O6S2/c1-22-18(27)21(31-3)16(25)19(11-7-6-10-14(19)24)29-23(21)17(26)20(22)15(30-2)12-8-4-5-9-13(12)28-20/h4-5,8-9,15-16,25H,6-7,10-11H2,1-3H3. The van der Waals surface area contributed by atoms with Gasteiger partial charge in [0, 0.05) is 19.0 Å². The van der Waals surface area contributed by atoms with Gasteiger partial charge in [-0.3, -0.25) is 24.1 Å². The van der Waals surface area contributed by atoms with Gasteiger partial charge in [-0.05, 0) is 37.8 Å². The molecule has 2 spiro atoms. The van der Waals surface area contributed by atoms with Gasteiger partial charge in [-0.15, -0.1) is 11.8 Å². The zero-order valence-electron chi connectivity index (χ0n) is 17.5. The van der Waals surface area contributed by atoms with E-state index in [2.05, 4.69) is 0 Å². The third-order valence-corrected chi connectivity index (χ3v) is 9.24. The number of rotatable bonds is 2. The fourth-order valence-corrected chi connectivity index (χ4v) is 7.47. The number of hydrogen-bond acceptors (Lipinski definition) is 8. The van der Waals surface area contributed by atoms with Crippen molar-refractivity contribution in [2.45, 2.75) is 53.2 Å². The number of benzene rings is 1.